The van der Waals surface area contributed by atoms with Crippen LogP contribution in [0.3, 0.4) is 0 Å². The zero-order valence-corrected chi connectivity index (χ0v) is 9.71. The highest BCUT2D eigenvalue weighted by atomic mass is 16.5. The fourth-order valence-electron chi connectivity index (χ4n) is 1.20. The SMILES string of the molecule is CCCNc1ncnc(OCCC)c1C. The monoisotopic (exact) mass is 209 g/mol. The predicted octanol–water partition coefficient (Wildman–Crippen LogP) is 2.40. The van der Waals surface area contributed by atoms with E-state index < -0.39 is 0 Å². The van der Waals surface area contributed by atoms with Gasteiger partial charge in [-0.25, -0.2) is 9.97 Å². The van der Waals surface area contributed by atoms with Crippen LogP contribution in [-0.4, -0.2) is 23.1 Å². The highest BCUT2D eigenvalue weighted by Crippen LogP contribution is 2.20. The molecule has 0 aromatic carbocycles. The summed E-state index contributed by atoms with van der Waals surface area (Å²) in [6.07, 6.45) is 3.60. The first kappa shape index (κ1) is 11.8. The molecule has 0 saturated carbocycles. The molecule has 1 aromatic rings. The molecular formula is C11H19N3O. The van der Waals surface area contributed by atoms with E-state index in [0.29, 0.717) is 12.5 Å². The van der Waals surface area contributed by atoms with Crippen molar-refractivity contribution in [3.8, 4) is 5.88 Å². The molecule has 4 heteroatoms. The Labute approximate surface area is 91.1 Å². The van der Waals surface area contributed by atoms with Crippen molar-refractivity contribution in [2.24, 2.45) is 0 Å². The molecule has 1 rings (SSSR count). The van der Waals surface area contributed by atoms with Crippen LogP contribution in [0.1, 0.15) is 32.3 Å². The van der Waals surface area contributed by atoms with Gasteiger partial charge in [0.1, 0.15) is 12.1 Å². The minimum atomic E-state index is 0.686. The average molecular weight is 209 g/mol. The maximum atomic E-state index is 5.52. The lowest BCUT2D eigenvalue weighted by molar-refractivity contribution is 0.302. The zero-order valence-electron chi connectivity index (χ0n) is 9.71. The Morgan fingerprint density at radius 1 is 1.27 bits per heavy atom. The smallest absolute Gasteiger partial charge is 0.221 e. The molecule has 1 N–H and O–H groups in total. The second-order valence-corrected chi connectivity index (χ2v) is 3.43. The van der Waals surface area contributed by atoms with Gasteiger partial charge in [-0.15, -0.1) is 0 Å². The van der Waals surface area contributed by atoms with Crippen LogP contribution < -0.4 is 10.1 Å². The third-order valence-electron chi connectivity index (χ3n) is 2.02. The fraction of sp³-hybridized carbons (Fsp3) is 0.636. The van der Waals surface area contributed by atoms with Gasteiger partial charge in [-0.2, -0.15) is 0 Å². The van der Waals surface area contributed by atoms with Gasteiger partial charge >= 0.3 is 0 Å². The number of ether oxygens (including phenoxy) is 1. The van der Waals surface area contributed by atoms with Crippen molar-refractivity contribution in [2.45, 2.75) is 33.6 Å². The van der Waals surface area contributed by atoms with Gasteiger partial charge in [-0.3, -0.25) is 0 Å². The van der Waals surface area contributed by atoms with Crippen molar-refractivity contribution >= 4 is 5.82 Å². The maximum absolute atomic E-state index is 5.52. The number of hydrogen-bond donors (Lipinski definition) is 1. The highest BCUT2D eigenvalue weighted by molar-refractivity contribution is 5.47. The van der Waals surface area contributed by atoms with E-state index in [1.165, 1.54) is 6.33 Å². The van der Waals surface area contributed by atoms with Crippen LogP contribution in [0.15, 0.2) is 6.33 Å². The third kappa shape index (κ3) is 3.38. The van der Waals surface area contributed by atoms with Gasteiger partial charge in [-0.05, 0) is 19.8 Å². The van der Waals surface area contributed by atoms with E-state index in [-0.39, 0.29) is 0 Å². The van der Waals surface area contributed by atoms with Gasteiger partial charge in [-0.1, -0.05) is 13.8 Å². The van der Waals surface area contributed by atoms with Crippen LogP contribution in [0.5, 0.6) is 5.88 Å². The van der Waals surface area contributed by atoms with Crippen molar-refractivity contribution < 1.29 is 4.74 Å². The van der Waals surface area contributed by atoms with Crippen LogP contribution in [0.2, 0.25) is 0 Å². The molecule has 84 valence electrons. The summed E-state index contributed by atoms with van der Waals surface area (Å²) in [5, 5.41) is 3.25. The van der Waals surface area contributed by atoms with Crippen molar-refractivity contribution in [3.63, 3.8) is 0 Å². The van der Waals surface area contributed by atoms with E-state index in [9.17, 15) is 0 Å². The van der Waals surface area contributed by atoms with Crippen molar-refractivity contribution in [2.75, 3.05) is 18.5 Å². The molecule has 0 aliphatic carbocycles. The lowest BCUT2D eigenvalue weighted by atomic mass is 10.3. The van der Waals surface area contributed by atoms with Gasteiger partial charge in [0.15, 0.2) is 0 Å². The van der Waals surface area contributed by atoms with Crippen molar-refractivity contribution in [3.05, 3.63) is 11.9 Å². The van der Waals surface area contributed by atoms with Gasteiger partial charge in [0.2, 0.25) is 5.88 Å². The molecule has 1 aromatic heterocycles. The Kier molecular flexibility index (Phi) is 4.87. The largest absolute Gasteiger partial charge is 0.477 e. The standard InChI is InChI=1S/C11H19N3O/c1-4-6-12-10-9(3)11(14-8-13-10)15-7-5-2/h8H,4-7H2,1-3H3,(H,12,13,14). The molecule has 0 unspecified atom stereocenters. The summed E-state index contributed by atoms with van der Waals surface area (Å²) in [4.78, 5) is 8.29. The Morgan fingerprint density at radius 2 is 2.07 bits per heavy atom. The molecule has 0 bridgehead atoms. The van der Waals surface area contributed by atoms with E-state index in [2.05, 4.69) is 29.1 Å². The van der Waals surface area contributed by atoms with E-state index in [0.717, 1.165) is 30.8 Å². The summed E-state index contributed by atoms with van der Waals surface area (Å²) in [6, 6.07) is 0. The lowest BCUT2D eigenvalue weighted by Crippen LogP contribution is -2.07. The minimum Gasteiger partial charge on any atom is -0.477 e. The fourth-order valence-corrected chi connectivity index (χ4v) is 1.20. The molecule has 0 aliphatic rings. The van der Waals surface area contributed by atoms with Gasteiger partial charge < -0.3 is 10.1 Å². The number of nitrogens with zero attached hydrogens (tertiary/aromatic N) is 2. The molecule has 0 amide bonds. The second-order valence-electron chi connectivity index (χ2n) is 3.43. The Morgan fingerprint density at radius 3 is 2.73 bits per heavy atom. The quantitative estimate of drug-likeness (QED) is 0.781. The first-order valence-corrected chi connectivity index (χ1v) is 5.47. The summed E-state index contributed by atoms with van der Waals surface area (Å²) in [5.74, 6) is 1.56. The first-order chi connectivity index (χ1) is 7.29. The maximum Gasteiger partial charge on any atom is 0.221 e. The number of anilines is 1. The van der Waals surface area contributed by atoms with Crippen LogP contribution in [-0.2, 0) is 0 Å². The number of hydrogen-bond acceptors (Lipinski definition) is 4. The molecule has 0 fully saturated rings. The highest BCUT2D eigenvalue weighted by Gasteiger charge is 2.06. The summed E-state index contributed by atoms with van der Waals surface area (Å²) in [7, 11) is 0. The summed E-state index contributed by atoms with van der Waals surface area (Å²) in [6.45, 7) is 7.80. The van der Waals surface area contributed by atoms with Gasteiger partial charge in [0.25, 0.3) is 0 Å². The molecule has 0 aliphatic heterocycles. The Bertz CT molecular complexity index is 276. The zero-order chi connectivity index (χ0) is 11.1. The van der Waals surface area contributed by atoms with Gasteiger partial charge in [0.05, 0.1) is 12.2 Å². The van der Waals surface area contributed by atoms with E-state index >= 15 is 0 Å². The van der Waals surface area contributed by atoms with E-state index in [4.69, 9.17) is 4.74 Å². The van der Waals surface area contributed by atoms with Crippen molar-refractivity contribution in [1.29, 1.82) is 0 Å². The number of aromatic nitrogens is 2. The van der Waals surface area contributed by atoms with Gasteiger partial charge in [0, 0.05) is 6.54 Å². The van der Waals surface area contributed by atoms with Crippen LogP contribution >= 0.6 is 0 Å². The van der Waals surface area contributed by atoms with Crippen LogP contribution in [0, 0.1) is 6.92 Å². The Hall–Kier alpha value is -1.32. The molecular weight excluding hydrogens is 190 g/mol. The first-order valence-electron chi connectivity index (χ1n) is 5.47. The number of rotatable bonds is 6. The molecule has 0 atom stereocenters. The summed E-state index contributed by atoms with van der Waals surface area (Å²) in [5.41, 5.74) is 0.986. The average Bonchev–Trinajstić information content (AvgIpc) is 2.26. The van der Waals surface area contributed by atoms with Crippen LogP contribution in [0.25, 0.3) is 0 Å². The summed E-state index contributed by atoms with van der Waals surface area (Å²) < 4.78 is 5.52. The Balaban J connectivity index is 2.71. The van der Waals surface area contributed by atoms with Crippen LogP contribution in [0.4, 0.5) is 5.82 Å². The normalized spacial score (nSPS) is 10.1. The molecule has 1 heterocycles. The summed E-state index contributed by atoms with van der Waals surface area (Å²) >= 11 is 0. The molecule has 0 spiro atoms. The number of nitrogens with one attached hydrogen (secondary N) is 1. The second kappa shape index (κ2) is 6.22. The molecule has 4 nitrogen and oxygen atoms in total. The minimum absolute atomic E-state index is 0.686. The third-order valence-corrected chi connectivity index (χ3v) is 2.02. The van der Waals surface area contributed by atoms with Crippen molar-refractivity contribution in [1.82, 2.24) is 9.97 Å². The van der Waals surface area contributed by atoms with E-state index in [1.54, 1.807) is 0 Å². The lowest BCUT2D eigenvalue weighted by Gasteiger charge is -2.10. The molecule has 0 radical (unpaired) electrons. The molecule has 0 saturated heterocycles. The van der Waals surface area contributed by atoms with E-state index in [1.807, 2.05) is 6.92 Å². The topological polar surface area (TPSA) is 47.0 Å². The molecule has 15 heavy (non-hydrogen) atoms. The predicted molar refractivity (Wildman–Crippen MR) is 61.3 cm³/mol.